The van der Waals surface area contributed by atoms with Gasteiger partial charge in [-0.1, -0.05) is 47.5 Å². The highest BCUT2D eigenvalue weighted by Crippen LogP contribution is 2.33. The number of benzene rings is 2. The van der Waals surface area contributed by atoms with Crippen molar-refractivity contribution in [1.29, 1.82) is 0 Å². The summed E-state index contributed by atoms with van der Waals surface area (Å²) in [5, 5.41) is 3.46. The maximum atomic E-state index is 12.3. The van der Waals surface area contributed by atoms with Gasteiger partial charge in [-0.15, -0.1) is 0 Å². The van der Waals surface area contributed by atoms with Gasteiger partial charge in [-0.25, -0.2) is 4.98 Å². The average Bonchev–Trinajstić information content (AvgIpc) is 3.13. The molecule has 0 bridgehead atoms. The third kappa shape index (κ3) is 4.36. The largest absolute Gasteiger partial charge is 0.494 e. The maximum Gasteiger partial charge on any atom is 0.251 e. The number of aromatic nitrogens is 2. The molecule has 134 valence electrons. The molecule has 7 heteroatoms. The van der Waals surface area contributed by atoms with E-state index in [1.807, 2.05) is 35.0 Å². The van der Waals surface area contributed by atoms with Crippen LogP contribution in [0.15, 0.2) is 55.1 Å². The monoisotopic (exact) mass is 389 g/mol. The summed E-state index contributed by atoms with van der Waals surface area (Å²) in [6, 6.07) is 11.1. The predicted molar refractivity (Wildman–Crippen MR) is 102 cm³/mol. The van der Waals surface area contributed by atoms with Crippen LogP contribution >= 0.6 is 23.2 Å². The Morgan fingerprint density at radius 3 is 2.38 bits per heavy atom. The fourth-order valence-electron chi connectivity index (χ4n) is 2.52. The smallest absolute Gasteiger partial charge is 0.251 e. The summed E-state index contributed by atoms with van der Waals surface area (Å²) in [5.41, 5.74) is 2.54. The lowest BCUT2D eigenvalue weighted by Crippen LogP contribution is -2.22. The number of ether oxygens (including phenoxy) is 1. The van der Waals surface area contributed by atoms with Crippen molar-refractivity contribution >= 4 is 29.1 Å². The molecule has 0 saturated heterocycles. The van der Waals surface area contributed by atoms with Gasteiger partial charge in [0.25, 0.3) is 5.91 Å². The summed E-state index contributed by atoms with van der Waals surface area (Å²) in [4.78, 5) is 16.3. The highest BCUT2D eigenvalue weighted by Gasteiger charge is 2.13. The molecular weight excluding hydrogens is 373 g/mol. The van der Waals surface area contributed by atoms with Gasteiger partial charge in [0.1, 0.15) is 0 Å². The van der Waals surface area contributed by atoms with Crippen LogP contribution in [0.4, 0.5) is 0 Å². The first-order valence-electron chi connectivity index (χ1n) is 7.91. The van der Waals surface area contributed by atoms with Crippen molar-refractivity contribution in [3.8, 4) is 5.75 Å². The quantitative estimate of drug-likeness (QED) is 0.687. The SMILES string of the molecule is COc1c(Cl)cc(C(=O)NCc2ccc(Cn3ccnc3)cc2)cc1Cl. The van der Waals surface area contributed by atoms with E-state index in [0.29, 0.717) is 27.9 Å². The fourth-order valence-corrected chi connectivity index (χ4v) is 3.17. The summed E-state index contributed by atoms with van der Waals surface area (Å²) in [6.45, 7) is 1.17. The molecular formula is C19H17Cl2N3O2. The van der Waals surface area contributed by atoms with Crippen molar-refractivity contribution in [3.63, 3.8) is 0 Å². The van der Waals surface area contributed by atoms with Gasteiger partial charge in [0, 0.05) is 31.0 Å². The van der Waals surface area contributed by atoms with Crippen LogP contribution in [0.5, 0.6) is 5.75 Å². The third-order valence-corrected chi connectivity index (χ3v) is 4.43. The molecule has 0 aliphatic rings. The normalized spacial score (nSPS) is 10.6. The van der Waals surface area contributed by atoms with E-state index in [1.165, 1.54) is 19.2 Å². The molecule has 1 N–H and O–H groups in total. The van der Waals surface area contributed by atoms with Crippen LogP contribution in [0.2, 0.25) is 10.0 Å². The van der Waals surface area contributed by atoms with Gasteiger partial charge >= 0.3 is 0 Å². The molecule has 0 atom stereocenters. The van der Waals surface area contributed by atoms with Crippen LogP contribution in [0.3, 0.4) is 0 Å². The van der Waals surface area contributed by atoms with E-state index < -0.39 is 0 Å². The topological polar surface area (TPSA) is 56.1 Å². The number of imidazole rings is 1. The Bertz CT molecular complexity index is 871. The van der Waals surface area contributed by atoms with E-state index in [2.05, 4.69) is 10.3 Å². The molecule has 0 aliphatic carbocycles. The fraction of sp³-hybridized carbons (Fsp3) is 0.158. The minimum absolute atomic E-state index is 0.251. The summed E-state index contributed by atoms with van der Waals surface area (Å²) in [7, 11) is 1.48. The Labute approximate surface area is 161 Å². The predicted octanol–water partition coefficient (Wildman–Crippen LogP) is 4.18. The van der Waals surface area contributed by atoms with Gasteiger partial charge < -0.3 is 14.6 Å². The van der Waals surface area contributed by atoms with Crippen LogP contribution in [-0.4, -0.2) is 22.6 Å². The van der Waals surface area contributed by atoms with E-state index in [0.717, 1.165) is 17.7 Å². The number of hydrogen-bond acceptors (Lipinski definition) is 3. The Balaban J connectivity index is 1.61. The van der Waals surface area contributed by atoms with Gasteiger partial charge in [0.2, 0.25) is 0 Å². The molecule has 0 spiro atoms. The second kappa shape index (κ2) is 8.25. The van der Waals surface area contributed by atoms with Gasteiger partial charge in [0.15, 0.2) is 5.75 Å². The standard InChI is InChI=1S/C19H17Cl2N3O2/c1-26-18-16(20)8-15(9-17(18)21)19(25)23-10-13-2-4-14(5-3-13)11-24-7-6-22-12-24/h2-9,12H,10-11H2,1H3,(H,23,25). The molecule has 1 aromatic heterocycles. The Morgan fingerprint density at radius 1 is 1.15 bits per heavy atom. The second-order valence-corrected chi connectivity index (χ2v) is 6.52. The number of methoxy groups -OCH3 is 1. The zero-order chi connectivity index (χ0) is 18.5. The Kier molecular flexibility index (Phi) is 5.81. The molecule has 0 unspecified atom stereocenters. The number of rotatable bonds is 6. The van der Waals surface area contributed by atoms with Crippen LogP contribution in [0.25, 0.3) is 0 Å². The van der Waals surface area contributed by atoms with Crippen molar-refractivity contribution in [2.24, 2.45) is 0 Å². The summed E-state index contributed by atoms with van der Waals surface area (Å²) < 4.78 is 7.08. The lowest BCUT2D eigenvalue weighted by Gasteiger charge is -2.10. The number of amides is 1. The molecule has 0 fully saturated rings. The molecule has 0 saturated carbocycles. The van der Waals surface area contributed by atoms with Crippen LogP contribution in [0, 0.1) is 0 Å². The molecule has 0 aliphatic heterocycles. The van der Waals surface area contributed by atoms with Crippen molar-refractivity contribution in [2.75, 3.05) is 7.11 Å². The summed E-state index contributed by atoms with van der Waals surface area (Å²) >= 11 is 12.2. The van der Waals surface area contributed by atoms with E-state index >= 15 is 0 Å². The van der Waals surface area contributed by atoms with Gasteiger partial charge in [0.05, 0.1) is 23.5 Å². The third-order valence-electron chi connectivity index (χ3n) is 3.86. The highest BCUT2D eigenvalue weighted by atomic mass is 35.5. The molecule has 1 heterocycles. The zero-order valence-electron chi connectivity index (χ0n) is 14.1. The van der Waals surface area contributed by atoms with E-state index in [4.69, 9.17) is 27.9 Å². The molecule has 1 amide bonds. The van der Waals surface area contributed by atoms with E-state index in [-0.39, 0.29) is 5.91 Å². The highest BCUT2D eigenvalue weighted by molar-refractivity contribution is 6.37. The molecule has 5 nitrogen and oxygen atoms in total. The van der Waals surface area contributed by atoms with Gasteiger partial charge in [-0.05, 0) is 23.3 Å². The minimum Gasteiger partial charge on any atom is -0.494 e. The second-order valence-electron chi connectivity index (χ2n) is 5.71. The van der Waals surface area contributed by atoms with E-state index in [1.54, 1.807) is 12.5 Å². The molecule has 26 heavy (non-hydrogen) atoms. The number of nitrogens with one attached hydrogen (secondary N) is 1. The summed E-state index contributed by atoms with van der Waals surface area (Å²) in [5.74, 6) is 0.109. The number of halogens is 2. The minimum atomic E-state index is -0.251. The molecule has 0 radical (unpaired) electrons. The first-order chi connectivity index (χ1) is 12.6. The number of nitrogens with zero attached hydrogens (tertiary/aromatic N) is 2. The lowest BCUT2D eigenvalue weighted by molar-refractivity contribution is 0.0951. The van der Waals surface area contributed by atoms with Crippen molar-refractivity contribution < 1.29 is 9.53 Å². The van der Waals surface area contributed by atoms with Crippen LogP contribution in [-0.2, 0) is 13.1 Å². The number of hydrogen-bond donors (Lipinski definition) is 1. The molecule has 3 aromatic rings. The summed E-state index contributed by atoms with van der Waals surface area (Å²) in [6.07, 6.45) is 5.44. The van der Waals surface area contributed by atoms with Crippen molar-refractivity contribution in [1.82, 2.24) is 14.9 Å². The lowest BCUT2D eigenvalue weighted by atomic mass is 10.1. The Morgan fingerprint density at radius 2 is 1.81 bits per heavy atom. The zero-order valence-corrected chi connectivity index (χ0v) is 15.6. The van der Waals surface area contributed by atoms with Crippen molar-refractivity contribution in [3.05, 3.63) is 81.9 Å². The van der Waals surface area contributed by atoms with Crippen LogP contribution < -0.4 is 10.1 Å². The maximum absolute atomic E-state index is 12.3. The first kappa shape index (κ1) is 18.3. The number of carbonyl (C=O) groups is 1. The van der Waals surface area contributed by atoms with Gasteiger partial charge in [-0.2, -0.15) is 0 Å². The van der Waals surface area contributed by atoms with Crippen molar-refractivity contribution in [2.45, 2.75) is 13.1 Å². The Hall–Kier alpha value is -2.50. The first-order valence-corrected chi connectivity index (χ1v) is 8.67. The molecule has 3 rings (SSSR count). The number of carbonyl (C=O) groups excluding carboxylic acids is 1. The average molecular weight is 390 g/mol. The molecule has 2 aromatic carbocycles. The van der Waals surface area contributed by atoms with Gasteiger partial charge in [-0.3, -0.25) is 4.79 Å². The van der Waals surface area contributed by atoms with E-state index in [9.17, 15) is 4.79 Å². The van der Waals surface area contributed by atoms with Crippen LogP contribution in [0.1, 0.15) is 21.5 Å².